The van der Waals surface area contributed by atoms with Gasteiger partial charge in [0.15, 0.2) is 5.78 Å². The first kappa shape index (κ1) is 17.6. The fourth-order valence-corrected chi connectivity index (χ4v) is 2.34. The third-order valence-corrected chi connectivity index (χ3v) is 3.55. The summed E-state index contributed by atoms with van der Waals surface area (Å²) in [4.78, 5) is 24.3. The zero-order valence-electron chi connectivity index (χ0n) is 14.0. The summed E-state index contributed by atoms with van der Waals surface area (Å²) in [5.74, 6) is -0.578. The first-order valence-electron chi connectivity index (χ1n) is 7.11. The molecule has 0 saturated heterocycles. The average Bonchev–Trinajstić information content (AvgIpc) is 2.29. The van der Waals surface area contributed by atoms with Crippen LogP contribution < -0.4 is 0 Å². The van der Waals surface area contributed by atoms with Crippen LogP contribution in [0, 0.1) is 10.8 Å². The van der Waals surface area contributed by atoms with Crippen LogP contribution in [0.2, 0.25) is 0 Å². The van der Waals surface area contributed by atoms with Gasteiger partial charge in [0, 0.05) is 11.1 Å². The molecule has 1 aliphatic carbocycles. The van der Waals surface area contributed by atoms with Gasteiger partial charge in [-0.1, -0.05) is 41.5 Å². The van der Waals surface area contributed by atoms with E-state index in [0.29, 0.717) is 11.1 Å². The summed E-state index contributed by atoms with van der Waals surface area (Å²) in [6.45, 7) is 11.5. The van der Waals surface area contributed by atoms with Crippen LogP contribution in [-0.4, -0.2) is 29.6 Å². The highest BCUT2D eigenvalue weighted by atomic mass is 16.5. The predicted molar refractivity (Wildman–Crippen MR) is 81.7 cm³/mol. The van der Waals surface area contributed by atoms with Gasteiger partial charge in [-0.05, 0) is 23.0 Å². The second kappa shape index (κ2) is 5.41. The number of ether oxygens (including phenoxy) is 1. The van der Waals surface area contributed by atoms with Gasteiger partial charge in [0.2, 0.25) is 0 Å². The molecule has 0 aromatic carbocycles. The number of carbonyl (C=O) groups is 2. The Morgan fingerprint density at radius 2 is 1.48 bits per heavy atom. The fourth-order valence-electron chi connectivity index (χ4n) is 2.34. The molecule has 0 aliphatic heterocycles. The Morgan fingerprint density at radius 3 is 1.76 bits per heavy atom. The van der Waals surface area contributed by atoms with E-state index in [1.54, 1.807) is 0 Å². The van der Waals surface area contributed by atoms with Crippen LogP contribution in [0.4, 0.5) is 0 Å². The van der Waals surface area contributed by atoms with Gasteiger partial charge in [0.25, 0.3) is 0 Å². The Kier molecular flexibility index (Phi) is 4.54. The van der Waals surface area contributed by atoms with Crippen molar-refractivity contribution in [2.75, 3.05) is 7.11 Å². The van der Waals surface area contributed by atoms with Crippen molar-refractivity contribution in [2.45, 2.75) is 53.6 Å². The molecule has 4 nitrogen and oxygen atoms in total. The number of ketones is 1. The maximum atomic E-state index is 12.7. The topological polar surface area (TPSA) is 63.6 Å². The maximum absolute atomic E-state index is 12.7. The Morgan fingerprint density at radius 1 is 1.10 bits per heavy atom. The molecular weight excluding hydrogens is 268 g/mol. The summed E-state index contributed by atoms with van der Waals surface area (Å²) in [7, 11) is 1.28. The highest BCUT2D eigenvalue weighted by Gasteiger charge is 2.41. The van der Waals surface area contributed by atoms with Crippen molar-refractivity contribution >= 4 is 11.8 Å². The summed E-state index contributed by atoms with van der Waals surface area (Å²) in [5, 5.41) is 10.8. The number of esters is 1. The molecule has 0 aromatic heterocycles. The minimum absolute atomic E-state index is 0.0652. The molecule has 0 heterocycles. The quantitative estimate of drug-likeness (QED) is 0.795. The molecule has 1 rings (SSSR count). The number of hydrogen-bond acceptors (Lipinski definition) is 4. The normalized spacial score (nSPS) is 19.0. The maximum Gasteiger partial charge on any atom is 0.309 e. The Hall–Kier alpha value is -1.42. The molecule has 0 bridgehead atoms. The number of Topliss-reactive ketones (excluding diaryl/α,β-unsaturated/α-hetero) is 1. The largest absolute Gasteiger partial charge is 0.469 e. The molecule has 0 atom stereocenters. The van der Waals surface area contributed by atoms with Gasteiger partial charge in [0.05, 0.1) is 13.5 Å². The summed E-state index contributed by atoms with van der Waals surface area (Å²) >= 11 is 0. The van der Waals surface area contributed by atoms with Gasteiger partial charge in [0.1, 0.15) is 5.60 Å². The van der Waals surface area contributed by atoms with Gasteiger partial charge in [-0.2, -0.15) is 0 Å². The van der Waals surface area contributed by atoms with Gasteiger partial charge in [-0.15, -0.1) is 0 Å². The van der Waals surface area contributed by atoms with Crippen LogP contribution in [0.3, 0.4) is 0 Å². The van der Waals surface area contributed by atoms with Crippen LogP contribution >= 0.6 is 0 Å². The second-order valence-corrected chi connectivity index (χ2v) is 7.69. The number of rotatable bonds is 2. The van der Waals surface area contributed by atoms with E-state index in [1.807, 2.05) is 41.5 Å². The summed E-state index contributed by atoms with van der Waals surface area (Å²) in [5.41, 5.74) is -1.24. The lowest BCUT2D eigenvalue weighted by atomic mass is 9.69. The SMILES string of the molecule is COC(=O)CC1(O)C=C(C(C)(C)C)C(=O)C(C(C)(C)C)=C1. The van der Waals surface area contributed by atoms with Crippen LogP contribution in [0.15, 0.2) is 23.3 Å². The lowest BCUT2D eigenvalue weighted by molar-refractivity contribution is -0.143. The minimum Gasteiger partial charge on any atom is -0.469 e. The van der Waals surface area contributed by atoms with Crippen molar-refractivity contribution in [2.24, 2.45) is 10.8 Å². The van der Waals surface area contributed by atoms with E-state index in [0.717, 1.165) is 0 Å². The average molecular weight is 294 g/mol. The standard InChI is InChI=1S/C17H26O4/c1-15(2,3)11-8-17(20,10-13(18)21-7)9-12(14(11)19)16(4,5)6/h8-9,20H,10H2,1-7H3. The van der Waals surface area contributed by atoms with E-state index in [2.05, 4.69) is 4.74 Å². The third-order valence-electron chi connectivity index (χ3n) is 3.55. The molecule has 0 aromatic rings. The molecule has 1 N–H and O–H groups in total. The van der Waals surface area contributed by atoms with Gasteiger partial charge < -0.3 is 9.84 Å². The molecule has 0 saturated carbocycles. The molecule has 0 fully saturated rings. The zero-order chi connectivity index (χ0) is 16.6. The fraction of sp³-hybridized carbons (Fsp3) is 0.647. The predicted octanol–water partition coefficient (Wildman–Crippen LogP) is 2.81. The van der Waals surface area contributed by atoms with Crippen molar-refractivity contribution in [3.8, 4) is 0 Å². The lowest BCUT2D eigenvalue weighted by Crippen LogP contribution is -2.38. The van der Waals surface area contributed by atoms with Gasteiger partial charge in [-0.3, -0.25) is 9.59 Å². The van der Waals surface area contributed by atoms with Crippen LogP contribution in [0.25, 0.3) is 0 Å². The third kappa shape index (κ3) is 4.03. The summed E-state index contributed by atoms with van der Waals surface area (Å²) < 4.78 is 4.64. The van der Waals surface area contributed by atoms with E-state index in [1.165, 1.54) is 19.3 Å². The number of hydrogen-bond donors (Lipinski definition) is 1. The molecule has 0 spiro atoms. The highest BCUT2D eigenvalue weighted by molar-refractivity contribution is 6.11. The van der Waals surface area contributed by atoms with Crippen molar-refractivity contribution in [3.05, 3.63) is 23.3 Å². The van der Waals surface area contributed by atoms with Gasteiger partial charge >= 0.3 is 5.97 Å². The molecule has 0 radical (unpaired) electrons. The van der Waals surface area contributed by atoms with Crippen molar-refractivity contribution in [1.29, 1.82) is 0 Å². The second-order valence-electron chi connectivity index (χ2n) is 7.69. The first-order chi connectivity index (χ1) is 9.30. The molecule has 1 aliphatic rings. The molecule has 21 heavy (non-hydrogen) atoms. The monoisotopic (exact) mass is 294 g/mol. The van der Waals surface area contributed by atoms with Crippen LogP contribution in [0.5, 0.6) is 0 Å². The molecular formula is C17H26O4. The number of carbonyl (C=O) groups excluding carboxylic acids is 2. The van der Waals surface area contributed by atoms with E-state index in [9.17, 15) is 14.7 Å². The van der Waals surface area contributed by atoms with Crippen molar-refractivity contribution in [3.63, 3.8) is 0 Å². The van der Waals surface area contributed by atoms with Crippen molar-refractivity contribution in [1.82, 2.24) is 0 Å². The smallest absolute Gasteiger partial charge is 0.309 e. The Labute approximate surface area is 126 Å². The van der Waals surface area contributed by atoms with E-state index < -0.39 is 22.4 Å². The number of methoxy groups -OCH3 is 1. The van der Waals surface area contributed by atoms with Crippen LogP contribution in [-0.2, 0) is 14.3 Å². The van der Waals surface area contributed by atoms with E-state index >= 15 is 0 Å². The van der Waals surface area contributed by atoms with E-state index in [-0.39, 0.29) is 12.2 Å². The van der Waals surface area contributed by atoms with Gasteiger partial charge in [-0.25, -0.2) is 0 Å². The molecule has 0 amide bonds. The molecule has 118 valence electrons. The number of aliphatic hydroxyl groups is 1. The zero-order valence-corrected chi connectivity index (χ0v) is 14.0. The summed E-state index contributed by atoms with van der Waals surface area (Å²) in [6, 6.07) is 0. The lowest BCUT2D eigenvalue weighted by Gasteiger charge is -2.36. The Balaban J connectivity index is 3.41. The Bertz CT molecular complexity index is 476. The number of allylic oxidation sites excluding steroid dienone is 2. The summed E-state index contributed by atoms with van der Waals surface area (Å²) in [6.07, 6.45) is 2.80. The minimum atomic E-state index is -1.48. The highest BCUT2D eigenvalue weighted by Crippen LogP contribution is 2.41. The van der Waals surface area contributed by atoms with Crippen molar-refractivity contribution < 1.29 is 19.4 Å². The van der Waals surface area contributed by atoms with Crippen LogP contribution in [0.1, 0.15) is 48.0 Å². The molecule has 0 unspecified atom stereocenters. The first-order valence-corrected chi connectivity index (χ1v) is 7.11. The van der Waals surface area contributed by atoms with E-state index in [4.69, 9.17) is 0 Å². The molecule has 4 heteroatoms.